The van der Waals surface area contributed by atoms with Crippen LogP contribution in [0.3, 0.4) is 0 Å². The maximum absolute atomic E-state index is 9.13. The predicted molar refractivity (Wildman–Crippen MR) is 70.8 cm³/mol. The Bertz CT molecular complexity index is 220. The first-order chi connectivity index (χ1) is 8.09. The van der Waals surface area contributed by atoms with Crippen molar-refractivity contribution in [3.05, 3.63) is 0 Å². The molecule has 17 heavy (non-hydrogen) atoms. The minimum Gasteiger partial charge on any atom is -0.394 e. The summed E-state index contributed by atoms with van der Waals surface area (Å²) in [5.74, 6) is 1.96. The highest BCUT2D eigenvalue weighted by Crippen LogP contribution is 2.33. The van der Waals surface area contributed by atoms with Gasteiger partial charge in [-0.15, -0.1) is 0 Å². The van der Waals surface area contributed by atoms with Gasteiger partial charge in [-0.3, -0.25) is 0 Å². The molecule has 2 fully saturated rings. The molecule has 0 aromatic rings. The molecule has 2 rings (SSSR count). The van der Waals surface area contributed by atoms with E-state index in [0.717, 1.165) is 24.7 Å². The summed E-state index contributed by atoms with van der Waals surface area (Å²) in [5, 5.41) is 9.13. The van der Waals surface area contributed by atoms with E-state index in [0.29, 0.717) is 0 Å². The van der Waals surface area contributed by atoms with Crippen LogP contribution in [0.1, 0.15) is 45.4 Å². The molecule has 0 spiro atoms. The molecule has 1 atom stereocenters. The third-order valence-electron chi connectivity index (χ3n) is 4.01. The van der Waals surface area contributed by atoms with Crippen LogP contribution in [-0.4, -0.2) is 41.8 Å². The van der Waals surface area contributed by atoms with Crippen molar-refractivity contribution < 1.29 is 5.11 Å². The van der Waals surface area contributed by atoms with E-state index in [9.17, 15) is 0 Å². The van der Waals surface area contributed by atoms with E-state index in [1.807, 2.05) is 6.92 Å². The van der Waals surface area contributed by atoms with E-state index < -0.39 is 0 Å². The summed E-state index contributed by atoms with van der Waals surface area (Å²) in [5.41, 5.74) is 5.58. The van der Waals surface area contributed by atoms with Crippen molar-refractivity contribution in [3.63, 3.8) is 0 Å². The van der Waals surface area contributed by atoms with Crippen LogP contribution in [0.2, 0.25) is 0 Å². The van der Waals surface area contributed by atoms with Gasteiger partial charge >= 0.3 is 0 Å². The van der Waals surface area contributed by atoms with E-state index >= 15 is 0 Å². The molecule has 2 aliphatic rings. The van der Waals surface area contributed by atoms with Crippen LogP contribution in [-0.2, 0) is 0 Å². The maximum Gasteiger partial charge on any atom is 0.0608 e. The van der Waals surface area contributed by atoms with Gasteiger partial charge in [-0.2, -0.15) is 0 Å². The summed E-state index contributed by atoms with van der Waals surface area (Å²) >= 11 is 0. The molecule has 3 heteroatoms. The van der Waals surface area contributed by atoms with Gasteiger partial charge in [0.1, 0.15) is 0 Å². The molecule has 0 heterocycles. The Balaban J connectivity index is 1.64. The van der Waals surface area contributed by atoms with Crippen LogP contribution < -0.4 is 5.73 Å². The Morgan fingerprint density at radius 3 is 2.12 bits per heavy atom. The van der Waals surface area contributed by atoms with Crippen molar-refractivity contribution >= 4 is 0 Å². The quantitative estimate of drug-likeness (QED) is 0.643. The number of rotatable bonds is 9. The molecule has 0 bridgehead atoms. The second-order valence-electron chi connectivity index (χ2n) is 6.56. The van der Waals surface area contributed by atoms with Gasteiger partial charge in [-0.25, -0.2) is 0 Å². The van der Waals surface area contributed by atoms with Gasteiger partial charge in [0.15, 0.2) is 0 Å². The first-order valence-electron chi connectivity index (χ1n) is 7.21. The molecule has 0 aromatic carbocycles. The van der Waals surface area contributed by atoms with Gasteiger partial charge < -0.3 is 15.7 Å². The van der Waals surface area contributed by atoms with Crippen LogP contribution in [0, 0.1) is 11.8 Å². The van der Waals surface area contributed by atoms with Crippen molar-refractivity contribution in [1.29, 1.82) is 0 Å². The predicted octanol–water partition coefficient (Wildman–Crippen LogP) is 1.60. The van der Waals surface area contributed by atoms with Crippen molar-refractivity contribution in [2.24, 2.45) is 17.6 Å². The number of nitrogens with zero attached hydrogens (tertiary/aromatic N) is 1. The Morgan fingerprint density at radius 1 is 1.18 bits per heavy atom. The molecule has 2 aliphatic carbocycles. The smallest absolute Gasteiger partial charge is 0.0608 e. The van der Waals surface area contributed by atoms with Crippen molar-refractivity contribution in [3.8, 4) is 0 Å². The SMILES string of the molecule is CC(N)(CO)CCCN(CC1CC1)CC1CC1. The molecule has 0 aromatic heterocycles. The van der Waals surface area contributed by atoms with E-state index in [-0.39, 0.29) is 12.1 Å². The molecule has 0 amide bonds. The van der Waals surface area contributed by atoms with Crippen LogP contribution in [0.4, 0.5) is 0 Å². The fourth-order valence-corrected chi connectivity index (χ4v) is 2.37. The van der Waals surface area contributed by atoms with Gasteiger partial charge in [0.05, 0.1) is 6.61 Å². The third kappa shape index (κ3) is 5.36. The normalized spacial score (nSPS) is 24.0. The fraction of sp³-hybridized carbons (Fsp3) is 1.00. The fourth-order valence-electron chi connectivity index (χ4n) is 2.37. The largest absolute Gasteiger partial charge is 0.394 e. The zero-order valence-corrected chi connectivity index (χ0v) is 11.2. The Morgan fingerprint density at radius 2 is 1.71 bits per heavy atom. The average molecular weight is 240 g/mol. The minimum atomic E-state index is -0.384. The highest BCUT2D eigenvalue weighted by molar-refractivity contribution is 4.83. The van der Waals surface area contributed by atoms with E-state index in [2.05, 4.69) is 4.90 Å². The lowest BCUT2D eigenvalue weighted by molar-refractivity contribution is 0.185. The summed E-state index contributed by atoms with van der Waals surface area (Å²) in [6.45, 7) is 5.81. The molecule has 3 nitrogen and oxygen atoms in total. The van der Waals surface area contributed by atoms with Crippen LogP contribution >= 0.6 is 0 Å². The molecule has 1 unspecified atom stereocenters. The monoisotopic (exact) mass is 240 g/mol. The lowest BCUT2D eigenvalue weighted by atomic mass is 9.98. The van der Waals surface area contributed by atoms with E-state index in [4.69, 9.17) is 10.8 Å². The number of nitrogens with two attached hydrogens (primary N) is 1. The molecule has 0 radical (unpaired) electrons. The van der Waals surface area contributed by atoms with E-state index in [1.165, 1.54) is 45.3 Å². The molecule has 100 valence electrons. The zero-order valence-electron chi connectivity index (χ0n) is 11.2. The average Bonchev–Trinajstić information content (AvgIpc) is 3.13. The lowest BCUT2D eigenvalue weighted by Crippen LogP contribution is -2.41. The summed E-state index contributed by atoms with van der Waals surface area (Å²) in [4.78, 5) is 2.64. The standard InChI is InChI=1S/C14H28N2O/c1-14(15,11-17)7-2-8-16(9-12-3-4-12)10-13-5-6-13/h12-13,17H,2-11,15H2,1H3. The van der Waals surface area contributed by atoms with Gasteiger partial charge in [-0.1, -0.05) is 0 Å². The Labute approximate surface area is 105 Å². The van der Waals surface area contributed by atoms with Crippen molar-refractivity contribution in [1.82, 2.24) is 4.90 Å². The molecule has 0 saturated heterocycles. The summed E-state index contributed by atoms with van der Waals surface area (Å²) in [7, 11) is 0. The third-order valence-corrected chi connectivity index (χ3v) is 4.01. The topological polar surface area (TPSA) is 49.5 Å². The number of hydrogen-bond donors (Lipinski definition) is 2. The highest BCUT2D eigenvalue weighted by Gasteiger charge is 2.29. The molecule has 3 N–H and O–H groups in total. The van der Waals surface area contributed by atoms with Crippen LogP contribution in [0.5, 0.6) is 0 Å². The van der Waals surface area contributed by atoms with Crippen molar-refractivity contribution in [2.45, 2.75) is 51.0 Å². The number of aliphatic hydroxyl groups excluding tert-OH is 1. The lowest BCUT2D eigenvalue weighted by Gasteiger charge is -2.26. The first-order valence-corrected chi connectivity index (χ1v) is 7.21. The maximum atomic E-state index is 9.13. The summed E-state index contributed by atoms with van der Waals surface area (Å²) < 4.78 is 0. The number of aliphatic hydroxyl groups is 1. The molecular formula is C14H28N2O. The van der Waals surface area contributed by atoms with Gasteiger partial charge in [-0.05, 0) is 63.8 Å². The molecule has 2 saturated carbocycles. The van der Waals surface area contributed by atoms with Crippen molar-refractivity contribution in [2.75, 3.05) is 26.2 Å². The summed E-state index contributed by atoms with van der Waals surface area (Å²) in [6, 6.07) is 0. The first kappa shape index (κ1) is 13.3. The van der Waals surface area contributed by atoms with Crippen LogP contribution in [0.15, 0.2) is 0 Å². The van der Waals surface area contributed by atoms with Gasteiger partial charge in [0.2, 0.25) is 0 Å². The molecule has 0 aliphatic heterocycles. The second kappa shape index (κ2) is 5.68. The number of hydrogen-bond acceptors (Lipinski definition) is 3. The zero-order chi connectivity index (χ0) is 12.3. The highest BCUT2D eigenvalue weighted by atomic mass is 16.3. The van der Waals surface area contributed by atoms with Gasteiger partial charge in [0.25, 0.3) is 0 Å². The van der Waals surface area contributed by atoms with Gasteiger partial charge in [0, 0.05) is 18.6 Å². The second-order valence-corrected chi connectivity index (χ2v) is 6.56. The minimum absolute atomic E-state index is 0.0955. The van der Waals surface area contributed by atoms with E-state index in [1.54, 1.807) is 0 Å². The Kier molecular flexibility index (Phi) is 4.45. The Hall–Kier alpha value is -0.120. The summed E-state index contributed by atoms with van der Waals surface area (Å²) in [6.07, 6.45) is 7.79. The molecular weight excluding hydrogens is 212 g/mol. The van der Waals surface area contributed by atoms with Crippen LogP contribution in [0.25, 0.3) is 0 Å².